The molecule has 0 radical (unpaired) electrons. The van der Waals surface area contributed by atoms with Gasteiger partial charge in [-0.05, 0) is 12.1 Å². The van der Waals surface area contributed by atoms with E-state index in [1.807, 2.05) is 18.2 Å². The lowest BCUT2D eigenvalue weighted by Gasteiger charge is -2.31. The highest BCUT2D eigenvalue weighted by Crippen LogP contribution is 2.31. The van der Waals surface area contributed by atoms with Crippen molar-refractivity contribution < 1.29 is 14.3 Å². The Balaban J connectivity index is 1.84. The van der Waals surface area contributed by atoms with Crippen LogP contribution in [0, 0.1) is 0 Å². The number of ether oxygens (including phenoxy) is 2. The number of hydrogen-bond acceptors (Lipinski definition) is 6. The van der Waals surface area contributed by atoms with Gasteiger partial charge in [0.25, 0.3) is 5.91 Å². The Morgan fingerprint density at radius 3 is 3.19 bits per heavy atom. The van der Waals surface area contributed by atoms with Gasteiger partial charge in [-0.3, -0.25) is 4.79 Å². The van der Waals surface area contributed by atoms with Crippen molar-refractivity contribution in [1.29, 1.82) is 0 Å². The summed E-state index contributed by atoms with van der Waals surface area (Å²) >= 11 is 1.62. The standard InChI is InChI=1S/C14H17N3O3S/c1-15-13(18)11-8-17(5-6-20-11)14-16-10-7-9(19-2)3-4-12(10)21-14/h3-4,7,11H,5-6,8H2,1-2H3,(H,15,18). The molecule has 2 heterocycles. The topological polar surface area (TPSA) is 63.7 Å². The molecule has 1 atom stereocenters. The molecule has 6 nitrogen and oxygen atoms in total. The van der Waals surface area contributed by atoms with Crippen molar-refractivity contribution >= 4 is 32.6 Å². The SMILES string of the molecule is CNC(=O)C1CN(c2nc3cc(OC)ccc3s2)CCO1. The van der Waals surface area contributed by atoms with Gasteiger partial charge in [-0.25, -0.2) is 4.98 Å². The first kappa shape index (κ1) is 14.1. The van der Waals surface area contributed by atoms with E-state index in [9.17, 15) is 4.79 Å². The number of thiazole rings is 1. The number of methoxy groups -OCH3 is 1. The Morgan fingerprint density at radius 1 is 1.57 bits per heavy atom. The number of morpholine rings is 1. The van der Waals surface area contributed by atoms with Crippen molar-refractivity contribution in [3.05, 3.63) is 18.2 Å². The molecule has 1 aliphatic heterocycles. The zero-order valence-corrected chi connectivity index (χ0v) is 12.8. The van der Waals surface area contributed by atoms with Crippen LogP contribution in [0.4, 0.5) is 5.13 Å². The number of likely N-dealkylation sites (N-methyl/N-ethyl adjacent to an activating group) is 1. The molecule has 1 saturated heterocycles. The van der Waals surface area contributed by atoms with Gasteiger partial charge in [0, 0.05) is 19.7 Å². The van der Waals surface area contributed by atoms with E-state index in [0.717, 1.165) is 27.6 Å². The van der Waals surface area contributed by atoms with Gasteiger partial charge >= 0.3 is 0 Å². The average molecular weight is 307 g/mol. The number of nitrogens with zero attached hydrogens (tertiary/aromatic N) is 2. The van der Waals surface area contributed by atoms with Gasteiger partial charge in [0.1, 0.15) is 5.75 Å². The van der Waals surface area contributed by atoms with Gasteiger partial charge < -0.3 is 19.7 Å². The number of carbonyl (C=O) groups excluding carboxylic acids is 1. The number of nitrogens with one attached hydrogen (secondary N) is 1. The van der Waals surface area contributed by atoms with Gasteiger partial charge in [0.15, 0.2) is 11.2 Å². The van der Waals surface area contributed by atoms with Crippen LogP contribution in [0.2, 0.25) is 0 Å². The van der Waals surface area contributed by atoms with E-state index in [0.29, 0.717) is 13.2 Å². The van der Waals surface area contributed by atoms with Crippen LogP contribution < -0.4 is 15.0 Å². The normalized spacial score (nSPS) is 18.8. The smallest absolute Gasteiger partial charge is 0.250 e. The summed E-state index contributed by atoms with van der Waals surface area (Å²) in [5, 5.41) is 3.54. The van der Waals surface area contributed by atoms with Crippen LogP contribution >= 0.6 is 11.3 Å². The molecule has 21 heavy (non-hydrogen) atoms. The molecule has 1 unspecified atom stereocenters. The molecule has 1 aliphatic rings. The predicted octanol–water partition coefficient (Wildman–Crippen LogP) is 1.26. The van der Waals surface area contributed by atoms with Crippen molar-refractivity contribution in [2.24, 2.45) is 0 Å². The summed E-state index contributed by atoms with van der Waals surface area (Å²) < 4.78 is 11.8. The minimum atomic E-state index is -0.440. The fraction of sp³-hybridized carbons (Fsp3) is 0.429. The molecule has 1 aromatic carbocycles. The first-order chi connectivity index (χ1) is 10.2. The molecule has 112 valence electrons. The zero-order chi connectivity index (χ0) is 14.8. The molecule has 1 aromatic heterocycles. The van der Waals surface area contributed by atoms with Crippen LogP contribution in [0.15, 0.2) is 18.2 Å². The summed E-state index contributed by atoms with van der Waals surface area (Å²) in [6.45, 7) is 1.79. The average Bonchev–Trinajstić information content (AvgIpc) is 2.97. The number of anilines is 1. The largest absolute Gasteiger partial charge is 0.497 e. The minimum absolute atomic E-state index is 0.0949. The molecule has 1 N–H and O–H groups in total. The lowest BCUT2D eigenvalue weighted by atomic mass is 10.2. The molecule has 2 aromatic rings. The monoisotopic (exact) mass is 307 g/mol. The highest BCUT2D eigenvalue weighted by molar-refractivity contribution is 7.22. The maximum Gasteiger partial charge on any atom is 0.250 e. The first-order valence-corrected chi connectivity index (χ1v) is 7.55. The summed E-state index contributed by atoms with van der Waals surface area (Å²) in [6.07, 6.45) is -0.440. The van der Waals surface area contributed by atoms with Crippen LogP contribution in [0.5, 0.6) is 5.75 Å². The second-order valence-corrected chi connectivity index (χ2v) is 5.76. The number of benzene rings is 1. The van der Waals surface area contributed by atoms with Crippen molar-refractivity contribution in [2.75, 3.05) is 38.8 Å². The molecule has 1 fully saturated rings. The van der Waals surface area contributed by atoms with E-state index >= 15 is 0 Å². The van der Waals surface area contributed by atoms with Crippen LogP contribution in [0.1, 0.15) is 0 Å². The van der Waals surface area contributed by atoms with E-state index < -0.39 is 6.10 Å². The maximum absolute atomic E-state index is 11.7. The Labute approximate surface area is 126 Å². The number of rotatable bonds is 3. The molecule has 0 saturated carbocycles. The number of fused-ring (bicyclic) bond motifs is 1. The predicted molar refractivity (Wildman–Crippen MR) is 82.2 cm³/mol. The third-order valence-electron chi connectivity index (χ3n) is 3.46. The van der Waals surface area contributed by atoms with Crippen LogP contribution in [0.25, 0.3) is 10.2 Å². The Morgan fingerprint density at radius 2 is 2.43 bits per heavy atom. The lowest BCUT2D eigenvalue weighted by Crippen LogP contribution is -2.49. The number of hydrogen-bond donors (Lipinski definition) is 1. The maximum atomic E-state index is 11.7. The summed E-state index contributed by atoms with van der Waals surface area (Å²) in [7, 11) is 3.26. The summed E-state index contributed by atoms with van der Waals surface area (Å²) in [5.41, 5.74) is 0.914. The fourth-order valence-corrected chi connectivity index (χ4v) is 3.28. The fourth-order valence-electron chi connectivity index (χ4n) is 2.30. The highest BCUT2D eigenvalue weighted by Gasteiger charge is 2.27. The molecule has 0 bridgehead atoms. The van der Waals surface area contributed by atoms with Crippen molar-refractivity contribution in [1.82, 2.24) is 10.3 Å². The third-order valence-corrected chi connectivity index (χ3v) is 4.56. The summed E-state index contributed by atoms with van der Waals surface area (Å²) in [5.74, 6) is 0.701. The van der Waals surface area contributed by atoms with Gasteiger partial charge in [-0.15, -0.1) is 0 Å². The van der Waals surface area contributed by atoms with Crippen molar-refractivity contribution in [3.63, 3.8) is 0 Å². The molecule has 3 rings (SSSR count). The number of amides is 1. The Hall–Kier alpha value is -1.86. The van der Waals surface area contributed by atoms with E-state index in [-0.39, 0.29) is 5.91 Å². The van der Waals surface area contributed by atoms with Crippen LogP contribution in [-0.4, -0.2) is 50.8 Å². The second kappa shape index (κ2) is 5.87. The molecule has 7 heteroatoms. The van der Waals surface area contributed by atoms with Gasteiger partial charge in [-0.1, -0.05) is 11.3 Å². The van der Waals surface area contributed by atoms with E-state index in [1.54, 1.807) is 25.5 Å². The Bertz CT molecular complexity index is 658. The zero-order valence-electron chi connectivity index (χ0n) is 12.0. The van der Waals surface area contributed by atoms with Crippen LogP contribution in [-0.2, 0) is 9.53 Å². The Kier molecular flexibility index (Phi) is 3.94. The van der Waals surface area contributed by atoms with E-state index in [4.69, 9.17) is 9.47 Å². The first-order valence-electron chi connectivity index (χ1n) is 6.74. The second-order valence-electron chi connectivity index (χ2n) is 4.75. The molecule has 1 amide bonds. The summed E-state index contributed by atoms with van der Waals surface area (Å²) in [6, 6.07) is 5.86. The van der Waals surface area contributed by atoms with Crippen molar-refractivity contribution in [2.45, 2.75) is 6.10 Å². The third kappa shape index (κ3) is 2.79. The quantitative estimate of drug-likeness (QED) is 0.925. The van der Waals surface area contributed by atoms with Gasteiger partial charge in [-0.2, -0.15) is 0 Å². The molecular formula is C14H17N3O3S. The molecule has 0 aliphatic carbocycles. The summed E-state index contributed by atoms with van der Waals surface area (Å²) in [4.78, 5) is 18.4. The van der Waals surface area contributed by atoms with Gasteiger partial charge in [0.2, 0.25) is 0 Å². The van der Waals surface area contributed by atoms with Crippen LogP contribution in [0.3, 0.4) is 0 Å². The number of carbonyl (C=O) groups is 1. The lowest BCUT2D eigenvalue weighted by molar-refractivity contribution is -0.132. The molecular weight excluding hydrogens is 290 g/mol. The van der Waals surface area contributed by atoms with Gasteiger partial charge in [0.05, 0.1) is 30.5 Å². The minimum Gasteiger partial charge on any atom is -0.497 e. The molecule has 0 spiro atoms. The number of aromatic nitrogens is 1. The highest BCUT2D eigenvalue weighted by atomic mass is 32.1. The van der Waals surface area contributed by atoms with E-state index in [2.05, 4.69) is 15.2 Å². The van der Waals surface area contributed by atoms with Crippen molar-refractivity contribution in [3.8, 4) is 5.75 Å². The van der Waals surface area contributed by atoms with E-state index in [1.165, 1.54) is 0 Å².